The Morgan fingerprint density at radius 3 is 2.41 bits per heavy atom. The van der Waals surface area contributed by atoms with Crippen molar-refractivity contribution in [2.24, 2.45) is 0 Å². The highest BCUT2D eigenvalue weighted by molar-refractivity contribution is 5.85. The lowest BCUT2D eigenvalue weighted by molar-refractivity contribution is -0.155. The molecule has 0 saturated carbocycles. The summed E-state index contributed by atoms with van der Waals surface area (Å²) in [6.07, 6.45) is 4.26. The number of carbonyl (C=O) groups excluding carboxylic acids is 1. The molecule has 1 aromatic rings. The largest absolute Gasteiger partial charge is 0.462 e. The molecule has 0 spiro atoms. The molecule has 0 aliphatic carbocycles. The van der Waals surface area contributed by atoms with Crippen LogP contribution in [0, 0.1) is 0 Å². The first-order chi connectivity index (χ1) is 10.2. The summed E-state index contributed by atoms with van der Waals surface area (Å²) in [7, 11) is 2.17. The fraction of sp³-hybridized carbons (Fsp3) is 0.588. The lowest BCUT2D eigenvalue weighted by atomic mass is 9.98. The number of hydrogen-bond acceptors (Lipinski definition) is 4. The summed E-state index contributed by atoms with van der Waals surface area (Å²) in [5, 5.41) is 9.53. The standard InChI is InChI=1S/C17H23NO3.ClH/c1-18-13-7-8-14(18)10-15(9-13)21-17(20)16(11-19)12-5-3-2-4-6-12;/h2-6,13-16,19H,7-11H2,1H3;1H/t13-,14+,15?,16-;/m1./s1. The number of aliphatic hydroxyl groups excluding tert-OH is 1. The first kappa shape index (κ1) is 17.3. The van der Waals surface area contributed by atoms with Crippen LogP contribution in [0.2, 0.25) is 0 Å². The van der Waals surface area contributed by atoms with E-state index in [-0.39, 0.29) is 31.1 Å². The van der Waals surface area contributed by atoms with Gasteiger partial charge in [0.15, 0.2) is 0 Å². The van der Waals surface area contributed by atoms with E-state index in [9.17, 15) is 9.90 Å². The van der Waals surface area contributed by atoms with Crippen molar-refractivity contribution < 1.29 is 14.6 Å². The van der Waals surface area contributed by atoms with Crippen molar-refractivity contribution in [2.45, 2.75) is 49.8 Å². The highest BCUT2D eigenvalue weighted by atomic mass is 35.5. The molecule has 2 heterocycles. The molecule has 1 aromatic carbocycles. The maximum atomic E-state index is 12.4. The number of ether oxygens (including phenoxy) is 1. The van der Waals surface area contributed by atoms with E-state index in [1.165, 1.54) is 12.8 Å². The Kier molecular flexibility index (Phi) is 5.84. The summed E-state index contributed by atoms with van der Waals surface area (Å²) >= 11 is 0. The van der Waals surface area contributed by atoms with Crippen LogP contribution >= 0.6 is 12.4 Å². The van der Waals surface area contributed by atoms with Crippen molar-refractivity contribution in [2.75, 3.05) is 13.7 Å². The number of hydrogen-bond donors (Lipinski definition) is 1. The second-order valence-electron chi connectivity index (χ2n) is 6.23. The SMILES string of the molecule is CN1[C@@H]2CC[C@H]1CC(OC(=O)[C@H](CO)c1ccccc1)C2.Cl. The first-order valence-electron chi connectivity index (χ1n) is 7.77. The average molecular weight is 326 g/mol. The molecule has 3 rings (SSSR count). The van der Waals surface area contributed by atoms with Gasteiger partial charge in [-0.2, -0.15) is 0 Å². The highest BCUT2D eigenvalue weighted by Crippen LogP contribution is 2.36. The Morgan fingerprint density at radius 1 is 1.27 bits per heavy atom. The number of halogens is 1. The molecule has 2 saturated heterocycles. The summed E-state index contributed by atoms with van der Waals surface area (Å²) < 4.78 is 5.70. The number of benzene rings is 1. The van der Waals surface area contributed by atoms with Gasteiger partial charge in [0, 0.05) is 12.1 Å². The molecule has 4 nitrogen and oxygen atoms in total. The third-order valence-electron chi connectivity index (χ3n) is 5.01. The molecule has 2 bridgehead atoms. The third-order valence-corrected chi connectivity index (χ3v) is 5.01. The second-order valence-corrected chi connectivity index (χ2v) is 6.23. The molecule has 0 radical (unpaired) electrons. The van der Waals surface area contributed by atoms with E-state index < -0.39 is 5.92 Å². The number of esters is 1. The van der Waals surface area contributed by atoms with Gasteiger partial charge in [-0.1, -0.05) is 30.3 Å². The number of carbonyl (C=O) groups is 1. The van der Waals surface area contributed by atoms with Gasteiger partial charge in [0.2, 0.25) is 0 Å². The van der Waals surface area contributed by atoms with Crippen LogP contribution < -0.4 is 0 Å². The lowest BCUT2D eigenvalue weighted by Gasteiger charge is -2.36. The number of fused-ring (bicyclic) bond motifs is 2. The number of rotatable bonds is 4. The number of piperidine rings is 1. The molecule has 0 amide bonds. The molecular weight excluding hydrogens is 302 g/mol. The molecule has 2 aliphatic heterocycles. The molecule has 2 aliphatic rings. The summed E-state index contributed by atoms with van der Waals surface area (Å²) in [6.45, 7) is -0.206. The van der Waals surface area contributed by atoms with Gasteiger partial charge in [-0.25, -0.2) is 0 Å². The summed E-state index contributed by atoms with van der Waals surface area (Å²) in [6, 6.07) is 10.5. The van der Waals surface area contributed by atoms with Gasteiger partial charge in [0.05, 0.1) is 6.61 Å². The fourth-order valence-corrected chi connectivity index (χ4v) is 3.71. The maximum Gasteiger partial charge on any atom is 0.316 e. The first-order valence-corrected chi connectivity index (χ1v) is 7.77. The molecule has 1 unspecified atom stereocenters. The van der Waals surface area contributed by atoms with Crippen molar-refractivity contribution >= 4 is 18.4 Å². The van der Waals surface area contributed by atoms with Crippen LogP contribution in [-0.4, -0.2) is 47.8 Å². The Hall–Kier alpha value is -1.10. The van der Waals surface area contributed by atoms with Gasteiger partial charge in [-0.05, 0) is 38.3 Å². The Balaban J connectivity index is 0.00000176. The second kappa shape index (κ2) is 7.44. The van der Waals surface area contributed by atoms with Gasteiger partial charge in [-0.3, -0.25) is 4.79 Å². The molecule has 4 atom stereocenters. The molecule has 2 fully saturated rings. The van der Waals surface area contributed by atoms with Crippen molar-refractivity contribution in [3.8, 4) is 0 Å². The van der Waals surface area contributed by atoms with Crippen LogP contribution in [0.5, 0.6) is 0 Å². The Morgan fingerprint density at radius 2 is 1.86 bits per heavy atom. The topological polar surface area (TPSA) is 49.8 Å². The van der Waals surface area contributed by atoms with E-state index in [1.54, 1.807) is 0 Å². The molecule has 1 N–H and O–H groups in total. The molecule has 122 valence electrons. The van der Waals surface area contributed by atoms with Crippen LogP contribution in [0.3, 0.4) is 0 Å². The van der Waals surface area contributed by atoms with Crippen LogP contribution in [0.1, 0.15) is 37.2 Å². The predicted octanol–water partition coefficient (Wildman–Crippen LogP) is 2.35. The minimum absolute atomic E-state index is 0. The van der Waals surface area contributed by atoms with Crippen LogP contribution in [0.15, 0.2) is 30.3 Å². The van der Waals surface area contributed by atoms with Crippen LogP contribution in [-0.2, 0) is 9.53 Å². The highest BCUT2D eigenvalue weighted by Gasteiger charge is 2.40. The lowest BCUT2D eigenvalue weighted by Crippen LogP contribution is -2.43. The van der Waals surface area contributed by atoms with E-state index >= 15 is 0 Å². The smallest absolute Gasteiger partial charge is 0.316 e. The quantitative estimate of drug-likeness (QED) is 0.863. The molecular formula is C17H24ClNO3. The monoisotopic (exact) mass is 325 g/mol. The summed E-state index contributed by atoms with van der Waals surface area (Å²) in [4.78, 5) is 14.8. The zero-order valence-corrected chi connectivity index (χ0v) is 13.7. The van der Waals surface area contributed by atoms with E-state index in [0.717, 1.165) is 18.4 Å². The Labute approximate surface area is 137 Å². The normalized spacial score (nSPS) is 28.7. The van der Waals surface area contributed by atoms with Crippen LogP contribution in [0.25, 0.3) is 0 Å². The summed E-state index contributed by atoms with van der Waals surface area (Å²) in [5.41, 5.74) is 0.820. The minimum Gasteiger partial charge on any atom is -0.462 e. The van der Waals surface area contributed by atoms with Crippen molar-refractivity contribution in [1.29, 1.82) is 0 Å². The van der Waals surface area contributed by atoms with Gasteiger partial charge in [0.25, 0.3) is 0 Å². The summed E-state index contributed by atoms with van der Waals surface area (Å²) in [5.74, 6) is -0.860. The predicted molar refractivity (Wildman–Crippen MR) is 87.2 cm³/mol. The zero-order valence-electron chi connectivity index (χ0n) is 12.9. The van der Waals surface area contributed by atoms with Gasteiger partial charge in [-0.15, -0.1) is 12.4 Å². The average Bonchev–Trinajstić information content (AvgIpc) is 2.72. The zero-order chi connectivity index (χ0) is 14.8. The van der Waals surface area contributed by atoms with E-state index in [1.807, 2.05) is 30.3 Å². The molecule has 0 aromatic heterocycles. The Bertz CT molecular complexity index is 482. The van der Waals surface area contributed by atoms with Gasteiger partial charge in [0.1, 0.15) is 12.0 Å². The number of nitrogens with zero attached hydrogens (tertiary/aromatic N) is 1. The van der Waals surface area contributed by atoms with Gasteiger partial charge >= 0.3 is 5.97 Å². The van der Waals surface area contributed by atoms with Crippen molar-refractivity contribution in [3.05, 3.63) is 35.9 Å². The molecule has 22 heavy (non-hydrogen) atoms. The number of aliphatic hydroxyl groups is 1. The van der Waals surface area contributed by atoms with Gasteiger partial charge < -0.3 is 14.7 Å². The minimum atomic E-state index is -0.566. The van der Waals surface area contributed by atoms with Crippen LogP contribution in [0.4, 0.5) is 0 Å². The molecule has 5 heteroatoms. The maximum absolute atomic E-state index is 12.4. The van der Waals surface area contributed by atoms with Crippen molar-refractivity contribution in [1.82, 2.24) is 4.90 Å². The van der Waals surface area contributed by atoms with E-state index in [0.29, 0.717) is 12.1 Å². The van der Waals surface area contributed by atoms with E-state index in [2.05, 4.69) is 11.9 Å². The fourth-order valence-electron chi connectivity index (χ4n) is 3.71. The van der Waals surface area contributed by atoms with E-state index in [4.69, 9.17) is 4.74 Å². The third kappa shape index (κ3) is 3.45. The van der Waals surface area contributed by atoms with Crippen molar-refractivity contribution in [3.63, 3.8) is 0 Å².